The second-order valence-corrected chi connectivity index (χ2v) is 10.2. The third-order valence-corrected chi connectivity index (χ3v) is 7.21. The average molecular weight is 563 g/mol. The molecule has 0 saturated carbocycles. The summed E-state index contributed by atoms with van der Waals surface area (Å²) < 4.78 is 5.49. The minimum Gasteiger partial charge on any atom is -0.496 e. The number of oxime groups is 1. The van der Waals surface area contributed by atoms with Crippen molar-refractivity contribution >= 4 is 35.1 Å². The van der Waals surface area contributed by atoms with Crippen LogP contribution in [0.1, 0.15) is 53.6 Å². The first-order valence-electron chi connectivity index (χ1n) is 13.0. The number of carboxylic acids is 1. The molecule has 9 heteroatoms. The van der Waals surface area contributed by atoms with Gasteiger partial charge in [-0.1, -0.05) is 54.0 Å². The molecular formula is C31H31ClN2O6. The van der Waals surface area contributed by atoms with Gasteiger partial charge in [-0.3, -0.25) is 14.5 Å². The summed E-state index contributed by atoms with van der Waals surface area (Å²) in [7, 11) is 1.56. The number of hydrogen-bond acceptors (Lipinski definition) is 6. The van der Waals surface area contributed by atoms with Gasteiger partial charge in [0, 0.05) is 17.4 Å². The summed E-state index contributed by atoms with van der Waals surface area (Å²) in [5.74, 6) is -1.19. The first kappa shape index (κ1) is 28.8. The second kappa shape index (κ2) is 13.3. The van der Waals surface area contributed by atoms with E-state index in [1.54, 1.807) is 49.6 Å². The molecule has 1 unspecified atom stereocenters. The molecule has 3 aromatic carbocycles. The number of carbonyl (C=O) groups is 3. The fourth-order valence-corrected chi connectivity index (χ4v) is 4.91. The SMILES string of the molecule is COc1ccc(Cl)cc1CC1CC/C(=N\Oc2ccccc2)CN(C(=O)C[C@H](C)c2ccc(C(=O)O)cc2)C1=O. The van der Waals surface area contributed by atoms with Crippen LogP contribution in [0.4, 0.5) is 0 Å². The second-order valence-electron chi connectivity index (χ2n) is 9.81. The van der Waals surface area contributed by atoms with E-state index in [1.165, 1.54) is 17.0 Å². The predicted octanol–water partition coefficient (Wildman–Crippen LogP) is 5.98. The number of para-hydroxylation sites is 1. The van der Waals surface area contributed by atoms with E-state index in [9.17, 15) is 19.5 Å². The van der Waals surface area contributed by atoms with Gasteiger partial charge in [0.25, 0.3) is 0 Å². The quantitative estimate of drug-likeness (QED) is 0.321. The van der Waals surface area contributed by atoms with Crippen LogP contribution in [0.2, 0.25) is 5.02 Å². The van der Waals surface area contributed by atoms with Crippen molar-refractivity contribution < 1.29 is 29.1 Å². The summed E-state index contributed by atoms with van der Waals surface area (Å²) in [6, 6.07) is 20.8. The molecule has 40 heavy (non-hydrogen) atoms. The average Bonchev–Trinajstić information content (AvgIpc) is 3.11. The van der Waals surface area contributed by atoms with E-state index < -0.39 is 11.9 Å². The molecule has 0 spiro atoms. The third-order valence-electron chi connectivity index (χ3n) is 6.98. The molecule has 3 aromatic rings. The molecule has 1 aliphatic heterocycles. The Bertz CT molecular complexity index is 1390. The predicted molar refractivity (Wildman–Crippen MR) is 152 cm³/mol. The Balaban J connectivity index is 1.57. The molecule has 1 fully saturated rings. The zero-order chi connectivity index (χ0) is 28.6. The van der Waals surface area contributed by atoms with Gasteiger partial charge in [-0.25, -0.2) is 4.79 Å². The number of rotatable bonds is 9. The van der Waals surface area contributed by atoms with Crippen molar-refractivity contribution in [2.75, 3.05) is 13.7 Å². The van der Waals surface area contributed by atoms with Crippen LogP contribution in [0, 0.1) is 5.92 Å². The van der Waals surface area contributed by atoms with Gasteiger partial charge in [-0.15, -0.1) is 0 Å². The van der Waals surface area contributed by atoms with Crippen molar-refractivity contribution in [1.29, 1.82) is 0 Å². The number of ether oxygens (including phenoxy) is 1. The van der Waals surface area contributed by atoms with E-state index in [2.05, 4.69) is 5.16 Å². The van der Waals surface area contributed by atoms with E-state index in [4.69, 9.17) is 21.2 Å². The van der Waals surface area contributed by atoms with Crippen molar-refractivity contribution in [2.24, 2.45) is 11.1 Å². The number of hydrogen-bond donors (Lipinski definition) is 1. The maximum atomic E-state index is 13.8. The fourth-order valence-electron chi connectivity index (χ4n) is 4.71. The Morgan fingerprint density at radius 3 is 2.50 bits per heavy atom. The van der Waals surface area contributed by atoms with Gasteiger partial charge in [0.15, 0.2) is 5.75 Å². The molecular weight excluding hydrogens is 532 g/mol. The highest BCUT2D eigenvalue weighted by atomic mass is 35.5. The molecule has 2 amide bonds. The van der Waals surface area contributed by atoms with Gasteiger partial charge in [0.2, 0.25) is 11.8 Å². The van der Waals surface area contributed by atoms with Gasteiger partial charge < -0.3 is 14.7 Å². The lowest BCUT2D eigenvalue weighted by Crippen LogP contribution is -2.42. The fraction of sp³-hybridized carbons (Fsp3) is 0.290. The Kier molecular flexibility index (Phi) is 9.56. The van der Waals surface area contributed by atoms with Crippen LogP contribution in [0.3, 0.4) is 0 Å². The molecule has 2 atom stereocenters. The summed E-state index contributed by atoms with van der Waals surface area (Å²) in [5.41, 5.74) is 2.35. The lowest BCUT2D eigenvalue weighted by molar-refractivity contribution is -0.146. The molecule has 0 radical (unpaired) electrons. The standard InChI is InChI=1S/C31H31ClN2O6/c1-20(21-8-10-22(11-9-21)31(37)38)16-29(35)34-19-26(33-40-27-6-4-3-5-7-27)14-12-23(30(34)36)17-24-18-25(32)13-15-28(24)39-2/h3-11,13,15,18,20,23H,12,14,16-17,19H2,1-2H3,(H,37,38)/b33-26+/t20-,23?/m0/s1. The molecule has 1 saturated heterocycles. The Hall–Kier alpha value is -4.17. The minimum absolute atomic E-state index is 0.0261. The van der Waals surface area contributed by atoms with Crippen LogP contribution in [-0.2, 0) is 16.0 Å². The van der Waals surface area contributed by atoms with Crippen molar-refractivity contribution in [3.63, 3.8) is 0 Å². The highest BCUT2D eigenvalue weighted by Gasteiger charge is 2.34. The molecule has 208 valence electrons. The highest BCUT2D eigenvalue weighted by Crippen LogP contribution is 2.30. The zero-order valence-corrected chi connectivity index (χ0v) is 23.1. The van der Waals surface area contributed by atoms with Gasteiger partial charge in [0.1, 0.15) is 5.75 Å². The van der Waals surface area contributed by atoms with Gasteiger partial charge in [-0.05, 0) is 78.8 Å². The Morgan fingerprint density at radius 1 is 1.10 bits per heavy atom. The molecule has 4 rings (SSSR count). The molecule has 0 bridgehead atoms. The topological polar surface area (TPSA) is 106 Å². The number of halogens is 1. The molecule has 1 heterocycles. The Labute approximate surface area is 238 Å². The largest absolute Gasteiger partial charge is 0.496 e. The van der Waals surface area contributed by atoms with Gasteiger partial charge in [0.05, 0.1) is 24.9 Å². The van der Waals surface area contributed by atoms with Crippen molar-refractivity contribution in [3.8, 4) is 11.5 Å². The molecule has 8 nitrogen and oxygen atoms in total. The maximum Gasteiger partial charge on any atom is 0.335 e. The minimum atomic E-state index is -1.02. The number of benzene rings is 3. The van der Waals surface area contributed by atoms with Gasteiger partial charge in [-0.2, -0.15) is 0 Å². The number of methoxy groups -OCH3 is 1. The van der Waals surface area contributed by atoms with E-state index in [1.807, 2.05) is 25.1 Å². The highest BCUT2D eigenvalue weighted by molar-refractivity contribution is 6.30. The monoisotopic (exact) mass is 562 g/mol. The van der Waals surface area contributed by atoms with Gasteiger partial charge >= 0.3 is 5.97 Å². The number of likely N-dealkylation sites (tertiary alicyclic amines) is 1. The van der Waals surface area contributed by atoms with Crippen LogP contribution >= 0.6 is 11.6 Å². The lowest BCUT2D eigenvalue weighted by atomic mass is 9.93. The number of imide groups is 1. The number of carboxylic acid groups (broad SMARTS) is 1. The molecule has 1 aliphatic rings. The summed E-state index contributed by atoms with van der Waals surface area (Å²) in [6.45, 7) is 1.90. The normalized spacial score (nSPS) is 17.3. The number of carbonyl (C=O) groups excluding carboxylic acids is 2. The smallest absolute Gasteiger partial charge is 0.335 e. The van der Waals surface area contributed by atoms with Crippen LogP contribution in [0.25, 0.3) is 0 Å². The van der Waals surface area contributed by atoms with E-state index >= 15 is 0 Å². The third kappa shape index (κ3) is 7.27. The van der Waals surface area contributed by atoms with Crippen LogP contribution < -0.4 is 9.57 Å². The first-order chi connectivity index (χ1) is 19.2. The summed E-state index contributed by atoms with van der Waals surface area (Å²) >= 11 is 6.23. The summed E-state index contributed by atoms with van der Waals surface area (Å²) in [5, 5.41) is 14.0. The van der Waals surface area contributed by atoms with E-state index in [-0.39, 0.29) is 36.3 Å². The summed E-state index contributed by atoms with van der Waals surface area (Å²) in [4.78, 5) is 45.5. The zero-order valence-electron chi connectivity index (χ0n) is 22.4. The maximum absolute atomic E-state index is 13.8. The van der Waals surface area contributed by atoms with E-state index in [0.29, 0.717) is 41.5 Å². The molecule has 1 N–H and O–H groups in total. The first-order valence-corrected chi connectivity index (χ1v) is 13.4. The van der Waals surface area contributed by atoms with Crippen molar-refractivity contribution in [1.82, 2.24) is 4.90 Å². The van der Waals surface area contributed by atoms with Crippen molar-refractivity contribution in [2.45, 2.75) is 38.5 Å². The number of nitrogens with zero attached hydrogens (tertiary/aromatic N) is 2. The Morgan fingerprint density at radius 2 is 1.82 bits per heavy atom. The lowest BCUT2D eigenvalue weighted by Gasteiger charge is -2.24. The number of aromatic carboxylic acids is 1. The molecule has 0 aromatic heterocycles. The molecule has 0 aliphatic carbocycles. The van der Waals surface area contributed by atoms with E-state index in [0.717, 1.165) is 11.1 Å². The van der Waals surface area contributed by atoms with Crippen LogP contribution in [0.15, 0.2) is 78.0 Å². The summed E-state index contributed by atoms with van der Waals surface area (Å²) in [6.07, 6.45) is 1.37. The van der Waals surface area contributed by atoms with Crippen molar-refractivity contribution in [3.05, 3.63) is 94.5 Å². The number of amides is 2. The van der Waals surface area contributed by atoms with Crippen LogP contribution in [-0.4, -0.2) is 47.2 Å². The van der Waals surface area contributed by atoms with Crippen LogP contribution in [0.5, 0.6) is 11.5 Å².